The smallest absolute Gasteiger partial charge is 0.320 e. The molecular formula is C23H29NO3. The lowest BCUT2D eigenvalue weighted by Gasteiger charge is -2.20. The van der Waals surface area contributed by atoms with Crippen LogP contribution in [0.4, 0.5) is 0 Å². The second-order valence-corrected chi connectivity index (χ2v) is 7.22. The fourth-order valence-electron chi connectivity index (χ4n) is 3.72. The van der Waals surface area contributed by atoms with Crippen molar-refractivity contribution in [2.45, 2.75) is 44.6 Å². The molecule has 1 aliphatic heterocycles. The van der Waals surface area contributed by atoms with Crippen LogP contribution < -0.4 is 4.74 Å². The van der Waals surface area contributed by atoms with Crippen molar-refractivity contribution in [3.8, 4) is 5.75 Å². The Labute approximate surface area is 161 Å². The van der Waals surface area contributed by atoms with Crippen LogP contribution in [-0.2, 0) is 17.6 Å². The molecule has 0 saturated carbocycles. The van der Waals surface area contributed by atoms with Crippen LogP contribution in [0.1, 0.15) is 36.8 Å². The van der Waals surface area contributed by atoms with Gasteiger partial charge >= 0.3 is 5.97 Å². The number of hydrogen-bond donors (Lipinski definition) is 1. The number of aliphatic carboxylic acids is 1. The number of rotatable bonds is 10. The Morgan fingerprint density at radius 3 is 2.44 bits per heavy atom. The van der Waals surface area contributed by atoms with E-state index in [2.05, 4.69) is 41.3 Å². The third kappa shape index (κ3) is 6.10. The molecule has 2 aromatic rings. The van der Waals surface area contributed by atoms with Gasteiger partial charge in [-0.15, -0.1) is 0 Å². The maximum Gasteiger partial charge on any atom is 0.320 e. The highest BCUT2D eigenvalue weighted by Gasteiger charge is 2.29. The number of benzene rings is 2. The summed E-state index contributed by atoms with van der Waals surface area (Å²) in [6, 6.07) is 18.5. The molecule has 1 heterocycles. The van der Waals surface area contributed by atoms with Crippen molar-refractivity contribution in [2.24, 2.45) is 0 Å². The van der Waals surface area contributed by atoms with E-state index in [1.165, 1.54) is 11.1 Å². The first-order chi connectivity index (χ1) is 13.2. The van der Waals surface area contributed by atoms with E-state index in [0.29, 0.717) is 0 Å². The van der Waals surface area contributed by atoms with E-state index in [0.717, 1.165) is 64.0 Å². The highest BCUT2D eigenvalue weighted by molar-refractivity contribution is 5.73. The Kier molecular flexibility index (Phi) is 7.28. The first-order valence-corrected chi connectivity index (χ1v) is 9.95. The first-order valence-electron chi connectivity index (χ1n) is 9.95. The minimum absolute atomic E-state index is 0.281. The van der Waals surface area contributed by atoms with Gasteiger partial charge in [-0.3, -0.25) is 9.69 Å². The van der Waals surface area contributed by atoms with Crippen molar-refractivity contribution in [1.82, 2.24) is 4.90 Å². The highest BCUT2D eigenvalue weighted by atomic mass is 16.5. The molecule has 1 atom stereocenters. The van der Waals surface area contributed by atoms with E-state index in [-0.39, 0.29) is 6.04 Å². The van der Waals surface area contributed by atoms with E-state index in [1.807, 2.05) is 18.2 Å². The molecule has 4 heteroatoms. The average molecular weight is 367 g/mol. The maximum atomic E-state index is 11.2. The highest BCUT2D eigenvalue weighted by Crippen LogP contribution is 2.19. The summed E-state index contributed by atoms with van der Waals surface area (Å²) in [7, 11) is 0. The molecule has 1 fully saturated rings. The SMILES string of the molecule is O=C(O)[C@@H]1CCCN1CCCc1ccc(OCCCc2ccccc2)cc1. The van der Waals surface area contributed by atoms with E-state index < -0.39 is 5.97 Å². The molecule has 2 aromatic carbocycles. The molecule has 3 rings (SSSR count). The lowest BCUT2D eigenvalue weighted by molar-refractivity contribution is -0.142. The minimum Gasteiger partial charge on any atom is -0.494 e. The van der Waals surface area contributed by atoms with Crippen LogP contribution in [0, 0.1) is 0 Å². The Hall–Kier alpha value is -2.33. The quantitative estimate of drug-likeness (QED) is 0.640. The van der Waals surface area contributed by atoms with Crippen molar-refractivity contribution in [3.63, 3.8) is 0 Å². The molecule has 1 saturated heterocycles. The monoisotopic (exact) mass is 367 g/mol. The molecule has 0 spiro atoms. The lowest BCUT2D eigenvalue weighted by atomic mass is 10.1. The zero-order valence-corrected chi connectivity index (χ0v) is 15.8. The van der Waals surface area contributed by atoms with Gasteiger partial charge in [-0.25, -0.2) is 0 Å². The van der Waals surface area contributed by atoms with Crippen molar-refractivity contribution >= 4 is 5.97 Å². The second-order valence-electron chi connectivity index (χ2n) is 7.22. The van der Waals surface area contributed by atoms with Gasteiger partial charge in [0.25, 0.3) is 0 Å². The zero-order valence-electron chi connectivity index (χ0n) is 15.8. The van der Waals surface area contributed by atoms with E-state index in [9.17, 15) is 9.90 Å². The van der Waals surface area contributed by atoms with Crippen LogP contribution in [-0.4, -0.2) is 41.7 Å². The van der Waals surface area contributed by atoms with Gasteiger partial charge in [-0.05, 0) is 74.9 Å². The maximum absolute atomic E-state index is 11.2. The summed E-state index contributed by atoms with van der Waals surface area (Å²) in [5, 5.41) is 9.23. The fourth-order valence-corrected chi connectivity index (χ4v) is 3.72. The van der Waals surface area contributed by atoms with Crippen LogP contribution >= 0.6 is 0 Å². The third-order valence-corrected chi connectivity index (χ3v) is 5.20. The summed E-state index contributed by atoms with van der Waals surface area (Å²) >= 11 is 0. The van der Waals surface area contributed by atoms with E-state index in [4.69, 9.17) is 4.74 Å². The molecule has 0 unspecified atom stereocenters. The van der Waals surface area contributed by atoms with Crippen molar-refractivity contribution in [2.75, 3.05) is 19.7 Å². The standard InChI is InChI=1S/C23H29NO3/c25-23(26)22-11-5-17-24(22)16-4-9-20-12-14-21(15-13-20)27-18-6-10-19-7-2-1-3-8-19/h1-3,7-8,12-15,22H,4-6,9-11,16-18H2,(H,25,26)/t22-/m0/s1. The summed E-state index contributed by atoms with van der Waals surface area (Å²) in [5.41, 5.74) is 2.62. The molecule has 0 aliphatic carbocycles. The number of likely N-dealkylation sites (tertiary alicyclic amines) is 1. The number of ether oxygens (including phenoxy) is 1. The number of carboxylic acids is 1. The average Bonchev–Trinajstić information content (AvgIpc) is 3.16. The topological polar surface area (TPSA) is 49.8 Å². The van der Waals surface area contributed by atoms with Crippen LogP contribution in [0.25, 0.3) is 0 Å². The Balaban J connectivity index is 1.34. The molecular weight excluding hydrogens is 338 g/mol. The summed E-state index contributed by atoms with van der Waals surface area (Å²) in [6.07, 6.45) is 5.77. The Bertz CT molecular complexity index is 699. The van der Waals surface area contributed by atoms with Gasteiger partial charge in [-0.1, -0.05) is 42.5 Å². The third-order valence-electron chi connectivity index (χ3n) is 5.20. The van der Waals surface area contributed by atoms with Crippen molar-refractivity contribution in [3.05, 3.63) is 65.7 Å². The van der Waals surface area contributed by atoms with Crippen molar-refractivity contribution < 1.29 is 14.6 Å². The Morgan fingerprint density at radius 1 is 1.00 bits per heavy atom. The molecule has 0 bridgehead atoms. The normalized spacial score (nSPS) is 17.1. The molecule has 144 valence electrons. The van der Waals surface area contributed by atoms with Crippen LogP contribution in [0.15, 0.2) is 54.6 Å². The van der Waals surface area contributed by atoms with Crippen LogP contribution in [0.2, 0.25) is 0 Å². The predicted octanol–water partition coefficient (Wildman–Crippen LogP) is 4.18. The van der Waals surface area contributed by atoms with Gasteiger partial charge < -0.3 is 9.84 Å². The fraction of sp³-hybridized carbons (Fsp3) is 0.435. The first kappa shape index (κ1) is 19.4. The molecule has 0 amide bonds. The summed E-state index contributed by atoms with van der Waals surface area (Å²) < 4.78 is 5.84. The summed E-state index contributed by atoms with van der Waals surface area (Å²) in [4.78, 5) is 13.3. The number of aryl methyl sites for hydroxylation is 2. The zero-order chi connectivity index (χ0) is 18.9. The molecule has 27 heavy (non-hydrogen) atoms. The predicted molar refractivity (Wildman–Crippen MR) is 107 cm³/mol. The summed E-state index contributed by atoms with van der Waals surface area (Å²) in [5.74, 6) is 0.235. The van der Waals surface area contributed by atoms with Gasteiger partial charge in [0, 0.05) is 0 Å². The second kappa shape index (κ2) is 10.1. The van der Waals surface area contributed by atoms with Gasteiger partial charge in [-0.2, -0.15) is 0 Å². The number of carboxylic acid groups (broad SMARTS) is 1. The van der Waals surface area contributed by atoms with Gasteiger partial charge in [0.15, 0.2) is 0 Å². The molecule has 4 nitrogen and oxygen atoms in total. The Morgan fingerprint density at radius 2 is 1.70 bits per heavy atom. The van der Waals surface area contributed by atoms with Crippen molar-refractivity contribution in [1.29, 1.82) is 0 Å². The molecule has 1 N–H and O–H groups in total. The van der Waals surface area contributed by atoms with Gasteiger partial charge in [0.05, 0.1) is 6.61 Å². The lowest BCUT2D eigenvalue weighted by Crippen LogP contribution is -2.36. The number of hydrogen-bond acceptors (Lipinski definition) is 3. The molecule has 0 radical (unpaired) electrons. The van der Waals surface area contributed by atoms with E-state index >= 15 is 0 Å². The summed E-state index contributed by atoms with van der Waals surface area (Å²) in [6.45, 7) is 2.49. The van der Waals surface area contributed by atoms with E-state index in [1.54, 1.807) is 0 Å². The van der Waals surface area contributed by atoms with Crippen LogP contribution in [0.3, 0.4) is 0 Å². The number of carbonyl (C=O) groups is 1. The minimum atomic E-state index is -0.679. The molecule has 1 aliphatic rings. The molecule has 0 aromatic heterocycles. The van der Waals surface area contributed by atoms with Gasteiger partial charge in [0.2, 0.25) is 0 Å². The number of nitrogens with zero attached hydrogens (tertiary/aromatic N) is 1. The largest absolute Gasteiger partial charge is 0.494 e. The van der Waals surface area contributed by atoms with Crippen LogP contribution in [0.5, 0.6) is 5.75 Å². The van der Waals surface area contributed by atoms with Gasteiger partial charge in [0.1, 0.15) is 11.8 Å².